The molecule has 1 aromatic carbocycles. The number of hydrogen-bond acceptors (Lipinski definition) is 10. The van der Waals surface area contributed by atoms with Crippen LogP contribution in [0.4, 0.5) is 43.1 Å². The number of piperazine rings is 1. The van der Waals surface area contributed by atoms with Crippen molar-refractivity contribution in [3.05, 3.63) is 46.6 Å². The maximum atomic E-state index is 15.9. The average Bonchev–Trinajstić information content (AvgIpc) is 3.67. The van der Waals surface area contributed by atoms with Gasteiger partial charge in [0.05, 0.1) is 30.3 Å². The lowest BCUT2D eigenvalue weighted by atomic mass is 10.1. The summed E-state index contributed by atoms with van der Waals surface area (Å²) in [5, 5.41) is 3.02. The molecule has 0 bridgehead atoms. The maximum Gasteiger partial charge on any atom is 0.416 e. The molecule has 4 heterocycles. The Hall–Kier alpha value is -3.50. The Kier molecular flexibility index (Phi) is 11.2. The van der Waals surface area contributed by atoms with Crippen LogP contribution in [0.15, 0.2) is 24.5 Å². The highest BCUT2D eigenvalue weighted by Gasteiger charge is 2.33. The Morgan fingerprint density at radius 2 is 1.89 bits per heavy atom. The smallest absolute Gasteiger partial charge is 0.416 e. The van der Waals surface area contributed by atoms with Crippen molar-refractivity contribution < 1.29 is 35.9 Å². The van der Waals surface area contributed by atoms with Crippen LogP contribution < -0.4 is 10.2 Å². The van der Waals surface area contributed by atoms with Gasteiger partial charge in [-0.25, -0.2) is 23.7 Å². The molecule has 9 nitrogen and oxygen atoms in total. The summed E-state index contributed by atoms with van der Waals surface area (Å²) < 4.78 is 90.1. The summed E-state index contributed by atoms with van der Waals surface area (Å²) in [4.78, 5) is 30.7. The first kappa shape index (κ1) is 34.8. The molecule has 2 saturated heterocycles. The number of alkyl halides is 4. The van der Waals surface area contributed by atoms with Gasteiger partial charge in [0.2, 0.25) is 5.82 Å². The Morgan fingerprint density at radius 3 is 2.62 bits per heavy atom. The van der Waals surface area contributed by atoms with Crippen LogP contribution in [0.3, 0.4) is 0 Å². The molecule has 0 amide bonds. The lowest BCUT2D eigenvalue weighted by Gasteiger charge is -2.40. The third kappa shape index (κ3) is 8.33. The number of thiazole rings is 1. The second-order valence-corrected chi connectivity index (χ2v) is 12.6. The van der Waals surface area contributed by atoms with Crippen LogP contribution in [0.5, 0.6) is 0 Å². The number of hydrogen-bond donors (Lipinski definition) is 1. The van der Waals surface area contributed by atoms with Crippen LogP contribution >= 0.6 is 11.3 Å². The van der Waals surface area contributed by atoms with Crippen LogP contribution in [-0.4, -0.2) is 88.8 Å². The maximum absolute atomic E-state index is 15.9. The molecule has 16 heteroatoms. The fraction of sp³-hybridized carbons (Fsp3) is 0.548. The van der Waals surface area contributed by atoms with E-state index in [1.165, 1.54) is 0 Å². The van der Waals surface area contributed by atoms with Gasteiger partial charge in [-0.2, -0.15) is 17.6 Å². The summed E-state index contributed by atoms with van der Waals surface area (Å²) in [5.41, 5.74) is -0.998. The lowest BCUT2D eigenvalue weighted by molar-refractivity contribution is -0.143. The Balaban J connectivity index is 1.40. The first-order valence-corrected chi connectivity index (χ1v) is 16.4. The molecular weight excluding hydrogens is 648 g/mol. The number of esters is 1. The quantitative estimate of drug-likeness (QED) is 0.171. The molecule has 5 rings (SSSR count). The van der Waals surface area contributed by atoms with Gasteiger partial charge in [0, 0.05) is 49.2 Å². The number of likely N-dealkylation sites (tertiary alicyclic amines) is 1. The standard InChI is InChI=1S/C31H37F6N7O2S/c1-3-22-6-5-8-43(22)17-24-27(19-12-20(31(35,36)37)14-21(33)13-19)40-30(47-24)41-28-26(34)29(39-18-38-28)44-11-10-42(23(15-32)16-44)9-7-25(45)46-4-2/h12-14,18,22-23H,3-11,15-17H2,1-2H3,(H,38,39,40,41)/t22-,23-/m1/s1. The van der Waals surface area contributed by atoms with E-state index in [1.807, 2.05) is 4.90 Å². The molecule has 2 aromatic heterocycles. The molecule has 3 aromatic rings. The normalized spacial score (nSPS) is 19.4. The number of halogens is 6. The van der Waals surface area contributed by atoms with Gasteiger partial charge in [-0.15, -0.1) is 0 Å². The largest absolute Gasteiger partial charge is 0.466 e. The van der Waals surface area contributed by atoms with Gasteiger partial charge >= 0.3 is 12.1 Å². The predicted octanol–water partition coefficient (Wildman–Crippen LogP) is 6.43. The predicted molar refractivity (Wildman–Crippen MR) is 166 cm³/mol. The second kappa shape index (κ2) is 15.2. The van der Waals surface area contributed by atoms with Crippen LogP contribution in [0, 0.1) is 11.6 Å². The average molecular weight is 686 g/mol. The molecular formula is C31H37F6N7O2S. The molecule has 47 heavy (non-hydrogen) atoms. The fourth-order valence-corrected chi connectivity index (χ4v) is 7.15. The van der Waals surface area contributed by atoms with Gasteiger partial charge in [-0.3, -0.25) is 14.6 Å². The number of carbonyl (C=O) groups excluding carboxylic acids is 1. The third-order valence-electron chi connectivity index (χ3n) is 8.50. The van der Waals surface area contributed by atoms with E-state index in [0.717, 1.165) is 55.6 Å². The Bertz CT molecular complexity index is 1540. The number of ether oxygens (including phenoxy) is 1. The van der Waals surface area contributed by atoms with Gasteiger partial charge in [-0.1, -0.05) is 18.3 Å². The van der Waals surface area contributed by atoms with E-state index in [1.54, 1.807) is 11.8 Å². The van der Waals surface area contributed by atoms with E-state index in [4.69, 9.17) is 4.74 Å². The first-order valence-electron chi connectivity index (χ1n) is 15.6. The summed E-state index contributed by atoms with van der Waals surface area (Å²) in [7, 11) is 0. The number of nitrogens with one attached hydrogen (secondary N) is 1. The molecule has 0 spiro atoms. The molecule has 0 unspecified atom stereocenters. The third-order valence-corrected chi connectivity index (χ3v) is 9.46. The first-order chi connectivity index (χ1) is 22.5. The number of nitrogens with zero attached hydrogens (tertiary/aromatic N) is 6. The van der Waals surface area contributed by atoms with Gasteiger partial charge in [0.25, 0.3) is 0 Å². The van der Waals surface area contributed by atoms with Crippen molar-refractivity contribution in [2.75, 3.05) is 56.2 Å². The highest BCUT2D eigenvalue weighted by molar-refractivity contribution is 7.16. The van der Waals surface area contributed by atoms with Crippen LogP contribution in [-0.2, 0) is 22.3 Å². The van der Waals surface area contributed by atoms with E-state index < -0.39 is 36.1 Å². The van der Waals surface area contributed by atoms with Crippen LogP contribution in [0.2, 0.25) is 0 Å². The number of aromatic nitrogens is 3. The van der Waals surface area contributed by atoms with Crippen molar-refractivity contribution in [2.45, 2.75) is 64.3 Å². The van der Waals surface area contributed by atoms with E-state index in [-0.39, 0.29) is 53.6 Å². The topological polar surface area (TPSA) is 86.7 Å². The van der Waals surface area contributed by atoms with Crippen molar-refractivity contribution in [3.63, 3.8) is 0 Å². The van der Waals surface area contributed by atoms with Crippen molar-refractivity contribution in [2.24, 2.45) is 0 Å². The van der Waals surface area contributed by atoms with Crippen LogP contribution in [0.1, 0.15) is 50.0 Å². The Labute approximate surface area is 272 Å². The summed E-state index contributed by atoms with van der Waals surface area (Å²) >= 11 is 1.13. The molecule has 0 radical (unpaired) electrons. The molecule has 256 valence electrons. The molecule has 2 atom stereocenters. The molecule has 1 N–H and O–H groups in total. The number of anilines is 3. The summed E-state index contributed by atoms with van der Waals surface area (Å²) in [5.74, 6) is -2.49. The Morgan fingerprint density at radius 1 is 1.09 bits per heavy atom. The SMILES string of the molecule is CCOC(=O)CCN1CCN(c2ncnc(Nc3nc(-c4cc(F)cc(C(F)(F)F)c4)c(CN4CCC[C@H]4CC)s3)c2F)C[C@H]1CF. The minimum atomic E-state index is -4.76. The summed E-state index contributed by atoms with van der Waals surface area (Å²) in [6, 6.07) is 2.01. The zero-order valence-electron chi connectivity index (χ0n) is 26.1. The minimum Gasteiger partial charge on any atom is -0.466 e. The highest BCUT2D eigenvalue weighted by atomic mass is 32.1. The van der Waals surface area contributed by atoms with Crippen molar-refractivity contribution in [1.29, 1.82) is 0 Å². The number of carbonyl (C=O) groups is 1. The van der Waals surface area contributed by atoms with Gasteiger partial charge < -0.3 is 15.0 Å². The zero-order valence-corrected chi connectivity index (χ0v) is 26.9. The van der Waals surface area contributed by atoms with Gasteiger partial charge in [0.1, 0.15) is 18.8 Å². The van der Waals surface area contributed by atoms with E-state index in [2.05, 4.69) is 32.1 Å². The zero-order chi connectivity index (χ0) is 33.7. The van der Waals surface area contributed by atoms with Crippen molar-refractivity contribution >= 4 is 34.1 Å². The summed E-state index contributed by atoms with van der Waals surface area (Å²) in [6.07, 6.45) is -0.618. The molecule has 2 aliphatic rings. The van der Waals surface area contributed by atoms with Gasteiger partial charge in [0.15, 0.2) is 16.8 Å². The lowest BCUT2D eigenvalue weighted by Crippen LogP contribution is -2.55. The molecule has 2 fully saturated rings. The minimum absolute atomic E-state index is 0.0363. The van der Waals surface area contributed by atoms with Crippen molar-refractivity contribution in [3.8, 4) is 11.3 Å². The molecule has 0 aliphatic carbocycles. The van der Waals surface area contributed by atoms with Gasteiger partial charge in [-0.05, 0) is 50.9 Å². The van der Waals surface area contributed by atoms with E-state index >= 15 is 4.39 Å². The van der Waals surface area contributed by atoms with Crippen molar-refractivity contribution in [1.82, 2.24) is 24.8 Å². The number of benzene rings is 1. The van der Waals surface area contributed by atoms with Crippen LogP contribution in [0.25, 0.3) is 11.3 Å². The molecule has 2 aliphatic heterocycles. The van der Waals surface area contributed by atoms with E-state index in [9.17, 15) is 26.7 Å². The summed E-state index contributed by atoms with van der Waals surface area (Å²) in [6.45, 7) is 5.61. The molecule has 0 saturated carbocycles. The highest BCUT2D eigenvalue weighted by Crippen LogP contribution is 2.39. The fourth-order valence-electron chi connectivity index (χ4n) is 6.14. The number of rotatable bonds is 12. The monoisotopic (exact) mass is 685 g/mol. The van der Waals surface area contributed by atoms with E-state index in [0.29, 0.717) is 43.2 Å². The second-order valence-electron chi connectivity index (χ2n) is 11.5.